The maximum atomic E-state index is 10.3. The van der Waals surface area contributed by atoms with E-state index in [9.17, 15) is 4.79 Å². The number of hydrogen-bond acceptors (Lipinski definition) is 3. The quantitative estimate of drug-likeness (QED) is 0.647. The summed E-state index contributed by atoms with van der Waals surface area (Å²) in [6, 6.07) is 3.94. The Morgan fingerprint density at radius 1 is 1.38 bits per heavy atom. The van der Waals surface area contributed by atoms with Crippen molar-refractivity contribution in [3.8, 4) is 5.75 Å². The summed E-state index contributed by atoms with van der Waals surface area (Å²) in [5, 5.41) is 10.0. The van der Waals surface area contributed by atoms with E-state index >= 15 is 0 Å². The molecule has 0 unspecified atom stereocenters. The van der Waals surface area contributed by atoms with Gasteiger partial charge in [0.05, 0.1) is 12.0 Å². The molecule has 0 atom stereocenters. The summed E-state index contributed by atoms with van der Waals surface area (Å²) in [5.41, 5.74) is 2.32. The molecule has 0 fully saturated rings. The number of methoxy groups -OCH3 is 1. The predicted molar refractivity (Wildman–Crippen MR) is 65.1 cm³/mol. The molecule has 4 heteroatoms. The zero-order chi connectivity index (χ0) is 12.1. The van der Waals surface area contributed by atoms with E-state index in [2.05, 4.69) is 0 Å². The van der Waals surface area contributed by atoms with Gasteiger partial charge in [0.2, 0.25) is 0 Å². The van der Waals surface area contributed by atoms with Gasteiger partial charge >= 0.3 is 5.97 Å². The molecule has 16 heavy (non-hydrogen) atoms. The SMILES string of the molecule is COc1cc(C)c(C)cc1S/C=C/C(=O)O. The zero-order valence-corrected chi connectivity index (χ0v) is 10.3. The van der Waals surface area contributed by atoms with Crippen LogP contribution in [0.1, 0.15) is 11.1 Å². The fourth-order valence-corrected chi connectivity index (χ4v) is 2.01. The second kappa shape index (κ2) is 5.61. The molecule has 1 aromatic rings. The number of benzene rings is 1. The van der Waals surface area contributed by atoms with E-state index in [1.165, 1.54) is 17.2 Å². The highest BCUT2D eigenvalue weighted by Crippen LogP contribution is 2.32. The van der Waals surface area contributed by atoms with Gasteiger partial charge in [-0.15, -0.1) is 0 Å². The summed E-state index contributed by atoms with van der Waals surface area (Å²) in [6.45, 7) is 4.03. The van der Waals surface area contributed by atoms with E-state index in [0.717, 1.165) is 27.8 Å². The van der Waals surface area contributed by atoms with E-state index in [0.29, 0.717) is 0 Å². The molecule has 0 aromatic heterocycles. The van der Waals surface area contributed by atoms with Gasteiger partial charge in [-0.05, 0) is 42.5 Å². The van der Waals surface area contributed by atoms with Gasteiger partial charge in [0, 0.05) is 6.08 Å². The Morgan fingerprint density at radius 3 is 2.56 bits per heavy atom. The average Bonchev–Trinajstić information content (AvgIpc) is 2.22. The predicted octanol–water partition coefficient (Wildman–Crippen LogP) is 3.00. The maximum Gasteiger partial charge on any atom is 0.328 e. The molecule has 0 aliphatic carbocycles. The normalized spacial score (nSPS) is 10.7. The molecule has 0 radical (unpaired) electrons. The van der Waals surface area contributed by atoms with Crippen LogP contribution in [0.4, 0.5) is 0 Å². The summed E-state index contributed by atoms with van der Waals surface area (Å²) in [4.78, 5) is 11.3. The van der Waals surface area contributed by atoms with Crippen LogP contribution < -0.4 is 4.74 Å². The smallest absolute Gasteiger partial charge is 0.328 e. The molecule has 1 N–H and O–H groups in total. The number of thioether (sulfide) groups is 1. The highest BCUT2D eigenvalue weighted by molar-refractivity contribution is 8.02. The first-order chi connectivity index (χ1) is 7.54. The van der Waals surface area contributed by atoms with Crippen molar-refractivity contribution < 1.29 is 14.6 Å². The lowest BCUT2D eigenvalue weighted by Crippen LogP contribution is -1.90. The van der Waals surface area contributed by atoms with Crippen LogP contribution in [-0.4, -0.2) is 18.2 Å². The van der Waals surface area contributed by atoms with Crippen LogP contribution in [0, 0.1) is 13.8 Å². The number of aryl methyl sites for hydroxylation is 2. The van der Waals surface area contributed by atoms with Crippen molar-refractivity contribution >= 4 is 17.7 Å². The van der Waals surface area contributed by atoms with Gasteiger partial charge < -0.3 is 9.84 Å². The van der Waals surface area contributed by atoms with Gasteiger partial charge in [0.15, 0.2) is 0 Å². The van der Waals surface area contributed by atoms with Gasteiger partial charge in [-0.25, -0.2) is 4.79 Å². The average molecular weight is 238 g/mol. The molecule has 0 spiro atoms. The Labute approximate surface area is 99.1 Å². The lowest BCUT2D eigenvalue weighted by atomic mass is 10.1. The minimum absolute atomic E-state index is 0.767. The Balaban J connectivity index is 2.94. The Kier molecular flexibility index (Phi) is 4.43. The lowest BCUT2D eigenvalue weighted by Gasteiger charge is -2.09. The first kappa shape index (κ1) is 12.6. The Hall–Kier alpha value is -1.42. The molecule has 0 bridgehead atoms. The van der Waals surface area contributed by atoms with Crippen molar-refractivity contribution in [2.45, 2.75) is 18.7 Å². The molecule has 0 heterocycles. The fourth-order valence-electron chi connectivity index (χ4n) is 1.18. The van der Waals surface area contributed by atoms with Gasteiger partial charge in [-0.1, -0.05) is 11.8 Å². The molecule has 1 aromatic carbocycles. The van der Waals surface area contributed by atoms with Crippen LogP contribution in [0.25, 0.3) is 0 Å². The molecule has 0 saturated carbocycles. The topological polar surface area (TPSA) is 46.5 Å². The van der Waals surface area contributed by atoms with Gasteiger partial charge in [-0.3, -0.25) is 0 Å². The minimum atomic E-state index is -0.949. The number of ether oxygens (including phenoxy) is 1. The fraction of sp³-hybridized carbons (Fsp3) is 0.250. The largest absolute Gasteiger partial charge is 0.496 e. The third kappa shape index (κ3) is 3.31. The first-order valence-electron chi connectivity index (χ1n) is 4.76. The summed E-state index contributed by atoms with van der Waals surface area (Å²) >= 11 is 1.34. The van der Waals surface area contributed by atoms with E-state index in [1.54, 1.807) is 7.11 Å². The molecular weight excluding hydrogens is 224 g/mol. The molecule has 0 saturated heterocycles. The van der Waals surface area contributed by atoms with Crippen molar-refractivity contribution in [2.24, 2.45) is 0 Å². The second-order valence-corrected chi connectivity index (χ2v) is 4.29. The summed E-state index contributed by atoms with van der Waals surface area (Å²) in [7, 11) is 1.61. The van der Waals surface area contributed by atoms with E-state index in [1.807, 2.05) is 26.0 Å². The molecule has 0 amide bonds. The number of carboxylic acids is 1. The van der Waals surface area contributed by atoms with Crippen molar-refractivity contribution in [3.63, 3.8) is 0 Å². The van der Waals surface area contributed by atoms with Crippen LogP contribution in [-0.2, 0) is 4.79 Å². The van der Waals surface area contributed by atoms with Crippen LogP contribution in [0.2, 0.25) is 0 Å². The molecule has 0 aliphatic heterocycles. The summed E-state index contributed by atoms with van der Waals surface area (Å²) < 4.78 is 5.24. The number of carbonyl (C=O) groups is 1. The van der Waals surface area contributed by atoms with Crippen molar-refractivity contribution in [1.82, 2.24) is 0 Å². The number of rotatable bonds is 4. The van der Waals surface area contributed by atoms with Crippen molar-refractivity contribution in [3.05, 3.63) is 34.7 Å². The summed E-state index contributed by atoms with van der Waals surface area (Å²) in [6.07, 6.45) is 1.11. The maximum absolute atomic E-state index is 10.3. The van der Waals surface area contributed by atoms with E-state index in [4.69, 9.17) is 9.84 Å². The molecule has 3 nitrogen and oxygen atoms in total. The van der Waals surface area contributed by atoms with Crippen molar-refractivity contribution in [1.29, 1.82) is 0 Å². The summed E-state index contributed by atoms with van der Waals surface area (Å²) in [5.74, 6) is -0.182. The van der Waals surface area contributed by atoms with Crippen LogP contribution in [0.15, 0.2) is 28.5 Å². The molecule has 0 aliphatic rings. The highest BCUT2D eigenvalue weighted by atomic mass is 32.2. The molecule has 86 valence electrons. The van der Waals surface area contributed by atoms with E-state index in [-0.39, 0.29) is 0 Å². The molecular formula is C12H14O3S. The Morgan fingerprint density at radius 2 is 2.00 bits per heavy atom. The van der Waals surface area contributed by atoms with Gasteiger partial charge in [-0.2, -0.15) is 0 Å². The number of hydrogen-bond donors (Lipinski definition) is 1. The van der Waals surface area contributed by atoms with Gasteiger partial charge in [0.25, 0.3) is 0 Å². The third-order valence-electron chi connectivity index (χ3n) is 2.19. The zero-order valence-electron chi connectivity index (χ0n) is 9.48. The standard InChI is InChI=1S/C12H14O3S/c1-8-6-10(15-3)11(7-9(8)2)16-5-4-12(13)14/h4-7H,1-3H3,(H,13,14)/b5-4+. The number of carboxylic acid groups (broad SMARTS) is 1. The Bertz CT molecular complexity index is 425. The monoisotopic (exact) mass is 238 g/mol. The van der Waals surface area contributed by atoms with Crippen LogP contribution in [0.5, 0.6) is 5.75 Å². The first-order valence-corrected chi connectivity index (χ1v) is 5.64. The minimum Gasteiger partial charge on any atom is -0.496 e. The van der Waals surface area contributed by atoms with Crippen LogP contribution in [0.3, 0.4) is 0 Å². The second-order valence-electron chi connectivity index (χ2n) is 3.35. The van der Waals surface area contributed by atoms with Gasteiger partial charge in [0.1, 0.15) is 5.75 Å². The number of aliphatic carboxylic acids is 1. The highest BCUT2D eigenvalue weighted by Gasteiger charge is 2.05. The van der Waals surface area contributed by atoms with Crippen LogP contribution >= 0.6 is 11.8 Å². The van der Waals surface area contributed by atoms with E-state index < -0.39 is 5.97 Å². The van der Waals surface area contributed by atoms with Crippen molar-refractivity contribution in [2.75, 3.05) is 7.11 Å². The molecule has 1 rings (SSSR count). The third-order valence-corrected chi connectivity index (χ3v) is 3.03. The lowest BCUT2D eigenvalue weighted by molar-refractivity contribution is -0.131.